The van der Waals surface area contributed by atoms with Crippen molar-refractivity contribution in [3.05, 3.63) is 71.8 Å². The summed E-state index contributed by atoms with van der Waals surface area (Å²) in [4.78, 5) is 12.9. The molecule has 0 bridgehead atoms. The summed E-state index contributed by atoms with van der Waals surface area (Å²) in [5, 5.41) is 5.88. The van der Waals surface area contributed by atoms with Gasteiger partial charge in [-0.05, 0) is 62.2 Å². The van der Waals surface area contributed by atoms with Crippen molar-refractivity contribution < 1.29 is 14.3 Å². The van der Waals surface area contributed by atoms with Crippen molar-refractivity contribution in [1.82, 2.24) is 0 Å². The second-order valence-corrected chi connectivity index (χ2v) is 6.44. The van der Waals surface area contributed by atoms with Crippen LogP contribution >= 0.6 is 0 Å². The third-order valence-corrected chi connectivity index (χ3v) is 4.24. The monoisotopic (exact) mass is 376 g/mol. The Morgan fingerprint density at radius 1 is 1.11 bits per heavy atom. The summed E-state index contributed by atoms with van der Waals surface area (Å²) >= 11 is 0. The Balaban J connectivity index is 1.90. The van der Waals surface area contributed by atoms with E-state index in [4.69, 9.17) is 9.47 Å². The first-order chi connectivity index (χ1) is 13.5. The Kier molecular flexibility index (Phi) is 5.94. The van der Waals surface area contributed by atoms with Gasteiger partial charge >= 0.3 is 0 Å². The number of ether oxygens (including phenoxy) is 2. The van der Waals surface area contributed by atoms with Gasteiger partial charge in [-0.15, -0.1) is 0 Å². The summed E-state index contributed by atoms with van der Waals surface area (Å²) in [6.45, 7) is 10.3. The molecule has 1 aliphatic rings. The minimum absolute atomic E-state index is 0.145. The van der Waals surface area contributed by atoms with Crippen LogP contribution in [0.1, 0.15) is 25.0 Å². The number of anilines is 1. The second kappa shape index (κ2) is 8.57. The van der Waals surface area contributed by atoms with Crippen molar-refractivity contribution in [2.45, 2.75) is 20.8 Å². The summed E-state index contributed by atoms with van der Waals surface area (Å²) < 4.78 is 11.3. The number of rotatable bonds is 7. The first-order valence-corrected chi connectivity index (χ1v) is 9.22. The highest BCUT2D eigenvalue weighted by molar-refractivity contribution is 6.32. The highest BCUT2D eigenvalue weighted by atomic mass is 16.5. The molecule has 3 rings (SSSR count). The molecule has 1 amide bonds. The van der Waals surface area contributed by atoms with Gasteiger partial charge in [-0.1, -0.05) is 30.9 Å². The molecular formula is C23H24N2O3. The summed E-state index contributed by atoms with van der Waals surface area (Å²) in [6.07, 6.45) is 3.51. The number of hydrazone groups is 1. The van der Waals surface area contributed by atoms with E-state index in [0.29, 0.717) is 36.0 Å². The van der Waals surface area contributed by atoms with Crippen LogP contribution in [-0.2, 0) is 4.79 Å². The molecule has 2 aromatic carbocycles. The lowest BCUT2D eigenvalue weighted by Gasteiger charge is -2.13. The largest absolute Gasteiger partial charge is 0.490 e. The van der Waals surface area contributed by atoms with Gasteiger partial charge in [-0.2, -0.15) is 10.1 Å². The van der Waals surface area contributed by atoms with Crippen LogP contribution in [0.2, 0.25) is 0 Å². The Bertz CT molecular complexity index is 960. The summed E-state index contributed by atoms with van der Waals surface area (Å²) in [6, 6.07) is 13.3. The zero-order valence-electron chi connectivity index (χ0n) is 16.4. The molecule has 0 fully saturated rings. The average Bonchev–Trinajstić information content (AvgIpc) is 2.96. The Morgan fingerprint density at radius 2 is 1.93 bits per heavy atom. The van der Waals surface area contributed by atoms with Crippen LogP contribution in [0, 0.1) is 6.92 Å². The molecule has 28 heavy (non-hydrogen) atoms. The standard InChI is InChI=1S/C23H24N2O3/c1-5-12-28-21-11-10-18(15-22(21)27-6-2)14-20-17(4)24-25(23(20)26)19-9-7-8-16(3)13-19/h5,7-11,13-15H,1,6,12H2,2-4H3/b20-14+. The third kappa shape index (κ3) is 4.14. The maximum atomic E-state index is 12.9. The number of carbonyl (C=O) groups excluding carboxylic acids is 1. The molecule has 0 N–H and O–H groups in total. The van der Waals surface area contributed by atoms with Gasteiger partial charge in [0.2, 0.25) is 0 Å². The maximum absolute atomic E-state index is 12.9. The predicted molar refractivity (Wildman–Crippen MR) is 113 cm³/mol. The number of hydrogen-bond donors (Lipinski definition) is 0. The van der Waals surface area contributed by atoms with Crippen molar-refractivity contribution in [2.75, 3.05) is 18.2 Å². The number of aryl methyl sites for hydroxylation is 1. The summed E-state index contributed by atoms with van der Waals surface area (Å²) in [5.41, 5.74) is 3.92. The van der Waals surface area contributed by atoms with Gasteiger partial charge in [0, 0.05) is 0 Å². The van der Waals surface area contributed by atoms with E-state index in [1.54, 1.807) is 6.08 Å². The maximum Gasteiger partial charge on any atom is 0.280 e. The Morgan fingerprint density at radius 3 is 2.64 bits per heavy atom. The average molecular weight is 376 g/mol. The molecule has 1 heterocycles. The minimum Gasteiger partial charge on any atom is -0.490 e. The fourth-order valence-electron chi connectivity index (χ4n) is 2.94. The van der Waals surface area contributed by atoms with Gasteiger partial charge in [0.1, 0.15) is 6.61 Å². The van der Waals surface area contributed by atoms with E-state index in [-0.39, 0.29) is 5.91 Å². The number of benzene rings is 2. The fourth-order valence-corrected chi connectivity index (χ4v) is 2.94. The SMILES string of the molecule is C=CCOc1ccc(/C=C2/C(=O)N(c3cccc(C)c3)N=C2C)cc1OCC. The Hall–Kier alpha value is -3.34. The molecule has 5 nitrogen and oxygen atoms in total. The summed E-state index contributed by atoms with van der Waals surface area (Å²) in [5.74, 6) is 1.13. The van der Waals surface area contributed by atoms with Crippen LogP contribution in [0.25, 0.3) is 6.08 Å². The number of hydrogen-bond acceptors (Lipinski definition) is 4. The van der Waals surface area contributed by atoms with E-state index in [0.717, 1.165) is 16.8 Å². The van der Waals surface area contributed by atoms with Crippen molar-refractivity contribution in [1.29, 1.82) is 0 Å². The van der Waals surface area contributed by atoms with Gasteiger partial charge in [0.05, 0.1) is 23.6 Å². The predicted octanol–water partition coefficient (Wildman–Crippen LogP) is 4.76. The zero-order chi connectivity index (χ0) is 20.1. The van der Waals surface area contributed by atoms with Gasteiger partial charge in [0.25, 0.3) is 5.91 Å². The van der Waals surface area contributed by atoms with Crippen LogP contribution in [0.3, 0.4) is 0 Å². The van der Waals surface area contributed by atoms with Crippen LogP contribution < -0.4 is 14.5 Å². The molecule has 0 radical (unpaired) electrons. The molecule has 0 unspecified atom stereocenters. The quantitative estimate of drug-likeness (QED) is 0.517. The first kappa shape index (κ1) is 19.4. The molecule has 2 aromatic rings. The fraction of sp³-hybridized carbons (Fsp3) is 0.217. The van der Waals surface area contributed by atoms with Crippen molar-refractivity contribution >= 4 is 23.4 Å². The molecule has 0 spiro atoms. The number of carbonyl (C=O) groups is 1. The lowest BCUT2D eigenvalue weighted by Crippen LogP contribution is -2.21. The molecule has 0 saturated heterocycles. The third-order valence-electron chi connectivity index (χ3n) is 4.24. The van der Waals surface area contributed by atoms with E-state index in [9.17, 15) is 4.79 Å². The van der Waals surface area contributed by atoms with Gasteiger partial charge in [0.15, 0.2) is 11.5 Å². The highest BCUT2D eigenvalue weighted by Crippen LogP contribution is 2.31. The molecule has 5 heteroatoms. The summed E-state index contributed by atoms with van der Waals surface area (Å²) in [7, 11) is 0. The lowest BCUT2D eigenvalue weighted by atomic mass is 10.1. The van der Waals surface area contributed by atoms with E-state index < -0.39 is 0 Å². The normalized spacial score (nSPS) is 15.0. The topological polar surface area (TPSA) is 51.1 Å². The molecule has 0 saturated carbocycles. The van der Waals surface area contributed by atoms with E-state index in [1.165, 1.54) is 5.01 Å². The van der Waals surface area contributed by atoms with Crippen LogP contribution in [0.5, 0.6) is 11.5 Å². The molecular weight excluding hydrogens is 352 g/mol. The highest BCUT2D eigenvalue weighted by Gasteiger charge is 2.28. The number of nitrogens with zero attached hydrogens (tertiary/aromatic N) is 2. The molecule has 0 atom stereocenters. The molecule has 0 aromatic heterocycles. The van der Waals surface area contributed by atoms with Crippen molar-refractivity contribution in [3.63, 3.8) is 0 Å². The zero-order valence-corrected chi connectivity index (χ0v) is 16.4. The van der Waals surface area contributed by atoms with E-state index >= 15 is 0 Å². The Labute approximate surface area is 165 Å². The number of amides is 1. The molecule has 0 aliphatic carbocycles. The lowest BCUT2D eigenvalue weighted by molar-refractivity contribution is -0.114. The van der Waals surface area contributed by atoms with Crippen LogP contribution in [0.4, 0.5) is 5.69 Å². The van der Waals surface area contributed by atoms with Crippen LogP contribution in [0.15, 0.2) is 65.8 Å². The van der Waals surface area contributed by atoms with Crippen molar-refractivity contribution in [2.24, 2.45) is 5.10 Å². The minimum atomic E-state index is -0.145. The molecule has 144 valence electrons. The van der Waals surface area contributed by atoms with Crippen molar-refractivity contribution in [3.8, 4) is 11.5 Å². The first-order valence-electron chi connectivity index (χ1n) is 9.22. The van der Waals surface area contributed by atoms with Gasteiger partial charge < -0.3 is 9.47 Å². The smallest absolute Gasteiger partial charge is 0.280 e. The second-order valence-electron chi connectivity index (χ2n) is 6.44. The van der Waals surface area contributed by atoms with Crippen LogP contribution in [-0.4, -0.2) is 24.8 Å². The van der Waals surface area contributed by atoms with Gasteiger partial charge in [-0.3, -0.25) is 4.79 Å². The van der Waals surface area contributed by atoms with E-state index in [2.05, 4.69) is 11.7 Å². The van der Waals surface area contributed by atoms with E-state index in [1.807, 2.05) is 69.3 Å². The van der Waals surface area contributed by atoms with Gasteiger partial charge in [-0.25, -0.2) is 0 Å². The molecule has 1 aliphatic heterocycles.